The van der Waals surface area contributed by atoms with Crippen LogP contribution in [0.1, 0.15) is 10.6 Å². The third-order valence-corrected chi connectivity index (χ3v) is 5.10. The van der Waals surface area contributed by atoms with Crippen LogP contribution >= 0.6 is 11.3 Å². The first kappa shape index (κ1) is 16.6. The smallest absolute Gasteiger partial charge is 0.293 e. The van der Waals surface area contributed by atoms with Crippen molar-refractivity contribution < 1.29 is 23.4 Å². The van der Waals surface area contributed by atoms with Crippen molar-refractivity contribution in [3.05, 3.63) is 53.6 Å². The molecule has 0 spiro atoms. The molecule has 0 atom stereocenters. The lowest BCUT2D eigenvalue weighted by Crippen LogP contribution is -2.10. The van der Waals surface area contributed by atoms with Gasteiger partial charge in [0.15, 0.2) is 33.7 Å². The van der Waals surface area contributed by atoms with Crippen LogP contribution in [0.25, 0.3) is 22.2 Å². The minimum absolute atomic E-state index is 0.194. The second-order valence-corrected chi connectivity index (χ2v) is 6.91. The summed E-state index contributed by atoms with van der Waals surface area (Å²) in [5.41, 5.74) is 2.16. The zero-order valence-corrected chi connectivity index (χ0v) is 15.5. The maximum absolute atomic E-state index is 12.6. The first-order valence-electron chi connectivity index (χ1n) is 8.45. The average molecular weight is 394 g/mol. The van der Waals surface area contributed by atoms with Gasteiger partial charge in [0.05, 0.1) is 12.8 Å². The number of aromatic nitrogens is 1. The van der Waals surface area contributed by atoms with Gasteiger partial charge in [0.25, 0.3) is 5.91 Å². The van der Waals surface area contributed by atoms with Crippen molar-refractivity contribution in [2.24, 2.45) is 0 Å². The van der Waals surface area contributed by atoms with Gasteiger partial charge in [-0.05, 0) is 30.3 Å². The lowest BCUT2D eigenvalue weighted by molar-refractivity contribution is 0.0998. The van der Waals surface area contributed by atoms with E-state index in [2.05, 4.69) is 10.3 Å². The number of nitrogens with zero attached hydrogens (tertiary/aromatic N) is 1. The Labute approximate surface area is 163 Å². The molecular formula is C20H14N2O5S. The molecule has 3 heterocycles. The largest absolute Gasteiger partial charge is 0.493 e. The number of furan rings is 1. The maximum Gasteiger partial charge on any atom is 0.293 e. The van der Waals surface area contributed by atoms with E-state index in [0.717, 1.165) is 16.6 Å². The molecule has 2 aromatic heterocycles. The molecule has 5 rings (SSSR count). The number of rotatable bonds is 4. The van der Waals surface area contributed by atoms with E-state index in [-0.39, 0.29) is 18.5 Å². The number of amides is 1. The van der Waals surface area contributed by atoms with Gasteiger partial charge in [-0.1, -0.05) is 12.1 Å². The predicted molar refractivity (Wildman–Crippen MR) is 104 cm³/mol. The van der Waals surface area contributed by atoms with Crippen molar-refractivity contribution in [1.29, 1.82) is 0 Å². The van der Waals surface area contributed by atoms with Gasteiger partial charge >= 0.3 is 0 Å². The van der Waals surface area contributed by atoms with Crippen LogP contribution in [-0.4, -0.2) is 24.8 Å². The number of carbonyl (C=O) groups is 1. The fourth-order valence-electron chi connectivity index (χ4n) is 2.99. The van der Waals surface area contributed by atoms with E-state index in [0.29, 0.717) is 28.0 Å². The van der Waals surface area contributed by atoms with Crippen molar-refractivity contribution >= 4 is 33.3 Å². The molecule has 4 aromatic rings. The molecule has 1 aliphatic rings. The molecule has 1 N–H and O–H groups in total. The fraction of sp³-hybridized carbons (Fsp3) is 0.100. The number of thiazole rings is 1. The predicted octanol–water partition coefficient (Wildman–Crippen LogP) is 4.55. The third kappa shape index (κ3) is 2.84. The Kier molecular flexibility index (Phi) is 3.91. The Hall–Kier alpha value is -3.52. The van der Waals surface area contributed by atoms with Crippen LogP contribution in [0.4, 0.5) is 5.13 Å². The topological polar surface area (TPSA) is 82.8 Å². The number of para-hydroxylation sites is 1. The molecule has 1 aliphatic heterocycles. The highest BCUT2D eigenvalue weighted by atomic mass is 32.1. The first-order chi connectivity index (χ1) is 13.7. The number of hydrogen-bond donors (Lipinski definition) is 1. The molecule has 0 fully saturated rings. The molecule has 0 saturated heterocycles. The lowest BCUT2D eigenvalue weighted by Gasteiger charge is -2.00. The van der Waals surface area contributed by atoms with Crippen LogP contribution in [0.15, 0.2) is 52.3 Å². The van der Waals surface area contributed by atoms with Crippen LogP contribution in [0.5, 0.6) is 17.2 Å². The van der Waals surface area contributed by atoms with Gasteiger partial charge in [0.2, 0.25) is 6.79 Å². The molecule has 8 heteroatoms. The Balaban J connectivity index is 1.38. The van der Waals surface area contributed by atoms with Gasteiger partial charge in [0.1, 0.15) is 0 Å². The molecule has 0 aliphatic carbocycles. The SMILES string of the molecule is COc1cccc2cc(C(=O)Nc3nc(-c4ccc5c(c4)OCO5)cs3)oc12. The van der Waals surface area contributed by atoms with Crippen molar-refractivity contribution in [2.75, 3.05) is 19.2 Å². The Morgan fingerprint density at radius 1 is 1.18 bits per heavy atom. The van der Waals surface area contributed by atoms with Crippen LogP contribution in [0.2, 0.25) is 0 Å². The second-order valence-electron chi connectivity index (χ2n) is 6.05. The molecule has 1 amide bonds. The van der Waals surface area contributed by atoms with E-state index in [1.54, 1.807) is 19.2 Å². The Morgan fingerprint density at radius 3 is 2.96 bits per heavy atom. The van der Waals surface area contributed by atoms with Crippen LogP contribution in [0.3, 0.4) is 0 Å². The number of hydrogen-bond acceptors (Lipinski definition) is 7. The highest BCUT2D eigenvalue weighted by Gasteiger charge is 2.18. The van der Waals surface area contributed by atoms with Crippen LogP contribution < -0.4 is 19.5 Å². The minimum atomic E-state index is -0.371. The third-order valence-electron chi connectivity index (χ3n) is 4.34. The van der Waals surface area contributed by atoms with Crippen molar-refractivity contribution in [3.63, 3.8) is 0 Å². The van der Waals surface area contributed by atoms with Gasteiger partial charge in [0, 0.05) is 16.3 Å². The Morgan fingerprint density at radius 2 is 2.07 bits per heavy atom. The fourth-order valence-corrected chi connectivity index (χ4v) is 3.70. The number of fused-ring (bicyclic) bond motifs is 2. The summed E-state index contributed by atoms with van der Waals surface area (Å²) in [4.78, 5) is 17.0. The molecule has 0 saturated carbocycles. The number of benzene rings is 2. The lowest BCUT2D eigenvalue weighted by atomic mass is 10.1. The standard InChI is InChI=1S/C20H14N2O5S/c1-24-15-4-2-3-12-8-17(27-18(12)15)19(23)22-20-21-13(9-28-20)11-5-6-14-16(7-11)26-10-25-14/h2-9H,10H2,1H3,(H,21,22,23). The summed E-state index contributed by atoms with van der Waals surface area (Å²) in [6.45, 7) is 0.222. The van der Waals surface area contributed by atoms with E-state index < -0.39 is 0 Å². The van der Waals surface area contributed by atoms with Gasteiger partial charge in [-0.2, -0.15) is 0 Å². The molecule has 140 valence electrons. The van der Waals surface area contributed by atoms with Crippen LogP contribution in [0, 0.1) is 0 Å². The van der Waals surface area contributed by atoms with Gasteiger partial charge < -0.3 is 18.6 Å². The summed E-state index contributed by atoms with van der Waals surface area (Å²) in [5.74, 6) is 1.81. The molecule has 0 radical (unpaired) electrons. The highest BCUT2D eigenvalue weighted by molar-refractivity contribution is 7.14. The summed E-state index contributed by atoms with van der Waals surface area (Å²) in [5, 5.41) is 5.92. The Bertz CT molecular complexity index is 1200. The quantitative estimate of drug-likeness (QED) is 0.547. The number of anilines is 1. The van der Waals surface area contributed by atoms with Gasteiger partial charge in [-0.25, -0.2) is 4.98 Å². The normalized spacial score (nSPS) is 12.3. The van der Waals surface area contributed by atoms with E-state index in [1.807, 2.05) is 35.7 Å². The molecule has 7 nitrogen and oxygen atoms in total. The number of methoxy groups -OCH3 is 1. The van der Waals surface area contributed by atoms with E-state index in [1.165, 1.54) is 11.3 Å². The number of ether oxygens (including phenoxy) is 3. The van der Waals surface area contributed by atoms with E-state index in [9.17, 15) is 4.79 Å². The summed E-state index contributed by atoms with van der Waals surface area (Å²) in [7, 11) is 1.56. The number of carbonyl (C=O) groups excluding carboxylic acids is 1. The first-order valence-corrected chi connectivity index (χ1v) is 9.33. The van der Waals surface area contributed by atoms with Crippen LogP contribution in [-0.2, 0) is 0 Å². The molecule has 28 heavy (non-hydrogen) atoms. The zero-order valence-electron chi connectivity index (χ0n) is 14.7. The molecule has 0 bridgehead atoms. The summed E-state index contributed by atoms with van der Waals surface area (Å²) < 4.78 is 21.7. The summed E-state index contributed by atoms with van der Waals surface area (Å²) >= 11 is 1.33. The molecule has 2 aromatic carbocycles. The highest BCUT2D eigenvalue weighted by Crippen LogP contribution is 2.36. The summed E-state index contributed by atoms with van der Waals surface area (Å²) in [6.07, 6.45) is 0. The monoisotopic (exact) mass is 394 g/mol. The van der Waals surface area contributed by atoms with Crippen molar-refractivity contribution in [2.45, 2.75) is 0 Å². The average Bonchev–Trinajstić information content (AvgIpc) is 3.45. The van der Waals surface area contributed by atoms with Gasteiger partial charge in [-0.3, -0.25) is 10.1 Å². The van der Waals surface area contributed by atoms with Gasteiger partial charge in [-0.15, -0.1) is 11.3 Å². The molecular weight excluding hydrogens is 380 g/mol. The number of nitrogens with one attached hydrogen (secondary N) is 1. The van der Waals surface area contributed by atoms with E-state index in [4.69, 9.17) is 18.6 Å². The molecule has 0 unspecified atom stereocenters. The zero-order chi connectivity index (χ0) is 19.1. The van der Waals surface area contributed by atoms with Crippen molar-refractivity contribution in [3.8, 4) is 28.5 Å². The summed E-state index contributed by atoms with van der Waals surface area (Å²) in [6, 6.07) is 12.8. The second kappa shape index (κ2) is 6.58. The minimum Gasteiger partial charge on any atom is -0.493 e. The maximum atomic E-state index is 12.6. The van der Waals surface area contributed by atoms with Crippen molar-refractivity contribution in [1.82, 2.24) is 4.98 Å². The van der Waals surface area contributed by atoms with E-state index >= 15 is 0 Å².